The number of aromatic hydroxyl groups is 1. The molecule has 4 atom stereocenters. The summed E-state index contributed by atoms with van der Waals surface area (Å²) in [7, 11) is 1.05. The lowest BCUT2D eigenvalue weighted by atomic mass is 9.68. The Balaban J connectivity index is 1.63. The molecule has 0 saturated carbocycles. The van der Waals surface area contributed by atoms with Gasteiger partial charge in [0.15, 0.2) is 11.6 Å². The molecule has 4 rings (SSSR count). The SMILES string of the molecule is COC(=O)N1C(=O)[C@@H]2[C@@H](CC(CO)=C([C@H](O)CC/C(=C/c3ccc(O)c(F)c3)c3ccccc3)[C@@H]2CO)C1=O. The van der Waals surface area contributed by atoms with Crippen molar-refractivity contribution in [3.63, 3.8) is 0 Å². The third kappa shape index (κ3) is 5.49. The summed E-state index contributed by atoms with van der Waals surface area (Å²) in [6, 6.07) is 13.2. The molecule has 0 unspecified atom stereocenters. The second-order valence-electron chi connectivity index (χ2n) is 9.63. The quantitative estimate of drug-likeness (QED) is 0.228. The molecule has 0 aromatic heterocycles. The van der Waals surface area contributed by atoms with E-state index in [-0.39, 0.29) is 18.4 Å². The van der Waals surface area contributed by atoms with Gasteiger partial charge in [0.25, 0.3) is 0 Å². The molecule has 1 fully saturated rings. The van der Waals surface area contributed by atoms with Crippen molar-refractivity contribution in [2.45, 2.75) is 25.4 Å². The maximum Gasteiger partial charge on any atom is 0.423 e. The van der Waals surface area contributed by atoms with Crippen LogP contribution >= 0.6 is 0 Å². The third-order valence-electron chi connectivity index (χ3n) is 7.43. The molecule has 2 aromatic carbocycles. The number of imide groups is 3. The second kappa shape index (κ2) is 11.9. The number of hydrogen-bond acceptors (Lipinski definition) is 8. The van der Waals surface area contributed by atoms with E-state index < -0.39 is 66.5 Å². The van der Waals surface area contributed by atoms with Crippen molar-refractivity contribution in [2.75, 3.05) is 20.3 Å². The smallest absolute Gasteiger partial charge is 0.423 e. The van der Waals surface area contributed by atoms with Gasteiger partial charge in [0.2, 0.25) is 11.8 Å². The van der Waals surface area contributed by atoms with Crippen LogP contribution in [-0.4, -0.2) is 69.7 Å². The monoisotopic (exact) mass is 539 g/mol. The van der Waals surface area contributed by atoms with E-state index in [0.717, 1.165) is 18.2 Å². The normalized spacial score (nSPS) is 22.2. The van der Waals surface area contributed by atoms with Gasteiger partial charge in [-0.1, -0.05) is 42.5 Å². The Kier molecular flexibility index (Phi) is 8.59. The number of methoxy groups -OCH3 is 1. The zero-order valence-electron chi connectivity index (χ0n) is 21.3. The summed E-state index contributed by atoms with van der Waals surface area (Å²) in [6.07, 6.45) is -0.202. The summed E-state index contributed by atoms with van der Waals surface area (Å²) in [5.74, 6) is -5.83. The fourth-order valence-electron chi connectivity index (χ4n) is 5.59. The Labute approximate surface area is 224 Å². The van der Waals surface area contributed by atoms with Gasteiger partial charge in [-0.2, -0.15) is 4.90 Å². The second-order valence-corrected chi connectivity index (χ2v) is 9.63. The van der Waals surface area contributed by atoms with Gasteiger partial charge in [0, 0.05) is 5.92 Å². The minimum atomic E-state index is -1.19. The lowest BCUT2D eigenvalue weighted by molar-refractivity contribution is -0.137. The highest BCUT2D eigenvalue weighted by atomic mass is 19.1. The topological polar surface area (TPSA) is 145 Å². The number of ether oxygens (including phenoxy) is 1. The van der Waals surface area contributed by atoms with E-state index in [1.54, 1.807) is 12.1 Å². The highest BCUT2D eigenvalue weighted by Crippen LogP contribution is 2.46. The number of rotatable bonds is 8. The minimum absolute atomic E-state index is 0.0453. The molecule has 1 saturated heterocycles. The van der Waals surface area contributed by atoms with Crippen LogP contribution in [0.4, 0.5) is 9.18 Å². The number of fused-ring (bicyclic) bond motifs is 1. The Hall–Kier alpha value is -3.86. The van der Waals surface area contributed by atoms with Gasteiger partial charge in [-0.05, 0) is 59.2 Å². The van der Waals surface area contributed by atoms with E-state index in [9.17, 15) is 39.2 Å². The van der Waals surface area contributed by atoms with E-state index >= 15 is 0 Å². The largest absolute Gasteiger partial charge is 0.505 e. The lowest BCUT2D eigenvalue weighted by Gasteiger charge is -2.36. The average molecular weight is 540 g/mol. The number of allylic oxidation sites excluding steroid dienone is 1. The van der Waals surface area contributed by atoms with Crippen molar-refractivity contribution < 1.29 is 43.9 Å². The number of aliphatic hydroxyl groups is 3. The molecule has 206 valence electrons. The summed E-state index contributed by atoms with van der Waals surface area (Å²) in [6.45, 7) is -1.08. The van der Waals surface area contributed by atoms with Gasteiger partial charge in [-0.3, -0.25) is 9.59 Å². The minimum Gasteiger partial charge on any atom is -0.505 e. The van der Waals surface area contributed by atoms with Crippen molar-refractivity contribution in [1.29, 1.82) is 0 Å². The van der Waals surface area contributed by atoms with Crippen molar-refractivity contribution in [1.82, 2.24) is 4.90 Å². The van der Waals surface area contributed by atoms with Crippen LogP contribution in [0.15, 0.2) is 59.7 Å². The fraction of sp³-hybridized carbons (Fsp3) is 0.345. The molecule has 10 heteroatoms. The van der Waals surface area contributed by atoms with Crippen LogP contribution in [0.3, 0.4) is 0 Å². The highest BCUT2D eigenvalue weighted by molar-refractivity contribution is 6.16. The van der Waals surface area contributed by atoms with Crippen LogP contribution in [-0.2, 0) is 14.3 Å². The van der Waals surface area contributed by atoms with Crippen LogP contribution in [0.1, 0.15) is 30.4 Å². The Morgan fingerprint density at radius 3 is 2.49 bits per heavy atom. The van der Waals surface area contributed by atoms with Crippen LogP contribution in [0, 0.1) is 23.6 Å². The molecular weight excluding hydrogens is 509 g/mol. The molecule has 0 bridgehead atoms. The number of halogens is 1. The summed E-state index contributed by atoms with van der Waals surface area (Å²) in [4.78, 5) is 38.4. The van der Waals surface area contributed by atoms with E-state index in [1.807, 2.05) is 30.3 Å². The number of benzene rings is 2. The van der Waals surface area contributed by atoms with E-state index in [1.165, 1.54) is 12.1 Å². The molecule has 0 radical (unpaired) electrons. The number of carbonyl (C=O) groups excluding carboxylic acids is 3. The maximum atomic E-state index is 14.0. The highest BCUT2D eigenvalue weighted by Gasteiger charge is 2.57. The molecule has 1 aliphatic heterocycles. The van der Waals surface area contributed by atoms with Crippen molar-refractivity contribution in [3.8, 4) is 5.75 Å². The first kappa shape index (κ1) is 28.2. The zero-order chi connectivity index (χ0) is 28.3. The molecule has 4 N–H and O–H groups in total. The van der Waals surface area contributed by atoms with E-state index in [4.69, 9.17) is 0 Å². The summed E-state index contributed by atoms with van der Waals surface area (Å²) in [5.41, 5.74) is 2.69. The molecule has 2 aromatic rings. The maximum absolute atomic E-state index is 14.0. The molecule has 2 aliphatic rings. The molecule has 1 heterocycles. The number of phenolic OH excluding ortho intramolecular Hbond substituents is 1. The van der Waals surface area contributed by atoms with Gasteiger partial charge < -0.3 is 25.2 Å². The van der Waals surface area contributed by atoms with Crippen LogP contribution in [0.2, 0.25) is 0 Å². The van der Waals surface area contributed by atoms with E-state index in [2.05, 4.69) is 4.74 Å². The predicted octanol–water partition coefficient (Wildman–Crippen LogP) is 2.88. The number of hydrogen-bond donors (Lipinski definition) is 4. The Bertz CT molecular complexity index is 1320. The first-order valence-electron chi connectivity index (χ1n) is 12.5. The van der Waals surface area contributed by atoms with Crippen LogP contribution < -0.4 is 0 Å². The fourth-order valence-corrected chi connectivity index (χ4v) is 5.59. The van der Waals surface area contributed by atoms with Crippen molar-refractivity contribution >= 4 is 29.6 Å². The zero-order valence-corrected chi connectivity index (χ0v) is 21.3. The standard InChI is InChI=1S/C29H30FNO8/c1-39-29(38)31-27(36)20-13-19(14-32)25(21(15-33)26(20)28(31)37)24(35)10-8-18(17-5-3-2-4-6-17)11-16-7-9-23(34)22(30)12-16/h2-7,9,11-12,20-21,24,26,32-35H,8,10,13-15H2,1H3/b18-11-/t20-,21+,24-,26-/m1/s1. The summed E-state index contributed by atoms with van der Waals surface area (Å²) >= 11 is 0. The average Bonchev–Trinajstić information content (AvgIpc) is 3.20. The van der Waals surface area contributed by atoms with Crippen LogP contribution in [0.25, 0.3) is 11.6 Å². The first-order chi connectivity index (χ1) is 18.7. The van der Waals surface area contributed by atoms with Gasteiger partial charge in [0.1, 0.15) is 0 Å². The molecule has 3 amide bonds. The third-order valence-corrected chi connectivity index (χ3v) is 7.43. The van der Waals surface area contributed by atoms with Gasteiger partial charge in [-0.25, -0.2) is 9.18 Å². The number of nitrogens with zero attached hydrogens (tertiary/aromatic N) is 1. The van der Waals surface area contributed by atoms with Gasteiger partial charge in [0.05, 0.1) is 38.3 Å². The molecule has 1 aliphatic carbocycles. The van der Waals surface area contributed by atoms with Crippen LogP contribution in [0.5, 0.6) is 5.75 Å². The van der Waals surface area contributed by atoms with Crippen molar-refractivity contribution in [3.05, 3.63) is 76.6 Å². The first-order valence-corrected chi connectivity index (χ1v) is 12.5. The number of carbonyl (C=O) groups is 3. The van der Waals surface area contributed by atoms with E-state index in [0.29, 0.717) is 22.5 Å². The number of likely N-dealkylation sites (tertiary alicyclic amines) is 1. The van der Waals surface area contributed by atoms with Gasteiger partial charge >= 0.3 is 6.09 Å². The van der Waals surface area contributed by atoms with Crippen molar-refractivity contribution in [2.24, 2.45) is 17.8 Å². The summed E-state index contributed by atoms with van der Waals surface area (Å²) in [5, 5.41) is 41.2. The Morgan fingerprint density at radius 2 is 1.87 bits per heavy atom. The number of aliphatic hydroxyl groups excluding tert-OH is 3. The molecule has 0 spiro atoms. The Morgan fingerprint density at radius 1 is 1.15 bits per heavy atom. The lowest BCUT2D eigenvalue weighted by Crippen LogP contribution is -2.40. The van der Waals surface area contributed by atoms with Gasteiger partial charge in [-0.15, -0.1) is 0 Å². The molecule has 9 nitrogen and oxygen atoms in total. The molecular formula is C29H30FNO8. The summed E-state index contributed by atoms with van der Waals surface area (Å²) < 4.78 is 18.5. The molecule has 39 heavy (non-hydrogen) atoms. The number of amides is 3. The number of phenols is 1. The predicted molar refractivity (Wildman–Crippen MR) is 138 cm³/mol.